The summed E-state index contributed by atoms with van der Waals surface area (Å²) in [4.78, 5) is 12.7. The zero-order chi connectivity index (χ0) is 11.8. The molecule has 0 spiro atoms. The van der Waals surface area contributed by atoms with Gasteiger partial charge in [-0.2, -0.15) is 0 Å². The van der Waals surface area contributed by atoms with Gasteiger partial charge in [-0.25, -0.2) is 19.3 Å². The Bertz CT molecular complexity index is 587. The SMILES string of the molecule is Cc1ncnc2c1ncn2C1C=C(CF)CC1. The molecule has 0 aliphatic heterocycles. The van der Waals surface area contributed by atoms with E-state index in [4.69, 9.17) is 0 Å². The quantitative estimate of drug-likeness (QED) is 0.746. The summed E-state index contributed by atoms with van der Waals surface area (Å²) < 4.78 is 14.6. The van der Waals surface area contributed by atoms with E-state index < -0.39 is 0 Å². The fourth-order valence-corrected chi connectivity index (χ4v) is 2.31. The molecule has 1 aliphatic carbocycles. The molecule has 5 heteroatoms. The molecule has 4 nitrogen and oxygen atoms in total. The van der Waals surface area contributed by atoms with Crippen LogP contribution in [0.25, 0.3) is 11.2 Å². The molecule has 0 radical (unpaired) electrons. The van der Waals surface area contributed by atoms with Crippen LogP contribution >= 0.6 is 0 Å². The monoisotopic (exact) mass is 232 g/mol. The van der Waals surface area contributed by atoms with Crippen molar-refractivity contribution in [3.8, 4) is 0 Å². The largest absolute Gasteiger partial charge is 0.308 e. The number of allylic oxidation sites excluding steroid dienone is 2. The molecule has 0 saturated heterocycles. The highest BCUT2D eigenvalue weighted by atomic mass is 19.1. The first-order chi connectivity index (χ1) is 8.29. The zero-order valence-electron chi connectivity index (χ0n) is 9.60. The van der Waals surface area contributed by atoms with Crippen LogP contribution in [0.15, 0.2) is 24.3 Å². The summed E-state index contributed by atoms with van der Waals surface area (Å²) in [5.41, 5.74) is 3.41. The Balaban J connectivity index is 2.07. The number of fused-ring (bicyclic) bond motifs is 1. The van der Waals surface area contributed by atoms with Crippen LogP contribution in [0.4, 0.5) is 4.39 Å². The van der Waals surface area contributed by atoms with E-state index in [2.05, 4.69) is 15.0 Å². The molecular formula is C12H13FN4. The van der Waals surface area contributed by atoms with Crippen molar-refractivity contribution < 1.29 is 4.39 Å². The van der Waals surface area contributed by atoms with Gasteiger partial charge in [0.15, 0.2) is 5.65 Å². The van der Waals surface area contributed by atoms with E-state index in [0.29, 0.717) is 0 Å². The van der Waals surface area contributed by atoms with Crippen molar-refractivity contribution in [2.75, 3.05) is 6.67 Å². The number of rotatable bonds is 2. The molecule has 3 rings (SSSR count). The summed E-state index contributed by atoms with van der Waals surface area (Å²) in [5, 5.41) is 0. The van der Waals surface area contributed by atoms with Crippen LogP contribution in [-0.4, -0.2) is 26.2 Å². The highest BCUT2D eigenvalue weighted by molar-refractivity contribution is 5.72. The Morgan fingerprint density at radius 3 is 3.06 bits per heavy atom. The average molecular weight is 232 g/mol. The summed E-state index contributed by atoms with van der Waals surface area (Å²) in [6.07, 6.45) is 7.05. The van der Waals surface area contributed by atoms with E-state index in [0.717, 1.165) is 35.3 Å². The first-order valence-corrected chi connectivity index (χ1v) is 5.69. The number of imidazole rings is 1. The molecule has 0 aromatic carbocycles. The van der Waals surface area contributed by atoms with Crippen molar-refractivity contribution in [3.63, 3.8) is 0 Å². The Morgan fingerprint density at radius 2 is 2.29 bits per heavy atom. The fourth-order valence-electron chi connectivity index (χ4n) is 2.31. The lowest BCUT2D eigenvalue weighted by molar-refractivity contribution is 0.533. The number of hydrogen-bond acceptors (Lipinski definition) is 3. The highest BCUT2D eigenvalue weighted by Crippen LogP contribution is 2.30. The lowest BCUT2D eigenvalue weighted by Crippen LogP contribution is -2.03. The molecule has 88 valence electrons. The van der Waals surface area contributed by atoms with E-state index in [1.807, 2.05) is 17.6 Å². The predicted octanol–water partition coefficient (Wildman–Crippen LogP) is 2.37. The zero-order valence-corrected chi connectivity index (χ0v) is 9.60. The van der Waals surface area contributed by atoms with Gasteiger partial charge in [-0.1, -0.05) is 6.08 Å². The minimum atomic E-state index is -0.350. The Kier molecular flexibility index (Phi) is 2.39. The van der Waals surface area contributed by atoms with Crippen molar-refractivity contribution in [2.45, 2.75) is 25.8 Å². The van der Waals surface area contributed by atoms with Crippen LogP contribution in [0.1, 0.15) is 24.6 Å². The van der Waals surface area contributed by atoms with Crippen molar-refractivity contribution in [1.29, 1.82) is 0 Å². The highest BCUT2D eigenvalue weighted by Gasteiger charge is 2.20. The molecule has 2 aromatic rings. The third-order valence-corrected chi connectivity index (χ3v) is 3.26. The van der Waals surface area contributed by atoms with Crippen molar-refractivity contribution in [3.05, 3.63) is 30.0 Å². The first-order valence-electron chi connectivity index (χ1n) is 5.69. The molecule has 2 aromatic heterocycles. The molecule has 0 amide bonds. The van der Waals surface area contributed by atoms with Gasteiger partial charge >= 0.3 is 0 Å². The van der Waals surface area contributed by atoms with Gasteiger partial charge < -0.3 is 4.57 Å². The molecule has 0 N–H and O–H groups in total. The van der Waals surface area contributed by atoms with E-state index in [-0.39, 0.29) is 12.7 Å². The summed E-state index contributed by atoms with van der Waals surface area (Å²) in [7, 11) is 0. The molecule has 0 bridgehead atoms. The molecule has 0 saturated carbocycles. The van der Waals surface area contributed by atoms with Crippen LogP contribution in [0, 0.1) is 6.92 Å². The lowest BCUT2D eigenvalue weighted by atomic mass is 10.2. The molecule has 17 heavy (non-hydrogen) atoms. The third-order valence-electron chi connectivity index (χ3n) is 3.26. The van der Waals surface area contributed by atoms with Gasteiger partial charge in [0.25, 0.3) is 0 Å². The van der Waals surface area contributed by atoms with E-state index >= 15 is 0 Å². The third kappa shape index (κ3) is 1.62. The van der Waals surface area contributed by atoms with Crippen LogP contribution in [0.2, 0.25) is 0 Å². The maximum atomic E-state index is 12.6. The van der Waals surface area contributed by atoms with Crippen LogP contribution in [0.5, 0.6) is 0 Å². The van der Waals surface area contributed by atoms with E-state index in [9.17, 15) is 4.39 Å². The second kappa shape index (κ2) is 3.91. The lowest BCUT2D eigenvalue weighted by Gasteiger charge is -2.09. The number of aromatic nitrogens is 4. The topological polar surface area (TPSA) is 43.6 Å². The molecule has 1 aliphatic rings. The number of alkyl halides is 1. The summed E-state index contributed by atoms with van der Waals surface area (Å²) >= 11 is 0. The summed E-state index contributed by atoms with van der Waals surface area (Å²) in [5.74, 6) is 0. The molecule has 1 unspecified atom stereocenters. The molecule has 0 fully saturated rings. The number of aryl methyl sites for hydroxylation is 1. The smallest absolute Gasteiger partial charge is 0.164 e. The minimum Gasteiger partial charge on any atom is -0.308 e. The van der Waals surface area contributed by atoms with Gasteiger partial charge in [0.2, 0.25) is 0 Å². The normalized spacial score (nSPS) is 19.9. The van der Waals surface area contributed by atoms with Crippen LogP contribution in [0.3, 0.4) is 0 Å². The number of hydrogen-bond donors (Lipinski definition) is 0. The maximum Gasteiger partial charge on any atom is 0.164 e. The summed E-state index contributed by atoms with van der Waals surface area (Å²) in [6.45, 7) is 1.57. The van der Waals surface area contributed by atoms with Gasteiger partial charge in [0, 0.05) is 0 Å². The predicted molar refractivity (Wildman–Crippen MR) is 62.4 cm³/mol. The Hall–Kier alpha value is -1.78. The number of halogens is 1. The Labute approximate surface area is 98.2 Å². The second-order valence-corrected chi connectivity index (χ2v) is 4.35. The average Bonchev–Trinajstić information content (AvgIpc) is 2.94. The Morgan fingerprint density at radius 1 is 1.41 bits per heavy atom. The van der Waals surface area contributed by atoms with Gasteiger partial charge in [-0.05, 0) is 25.3 Å². The van der Waals surface area contributed by atoms with Crippen molar-refractivity contribution in [2.24, 2.45) is 0 Å². The van der Waals surface area contributed by atoms with Crippen LogP contribution in [-0.2, 0) is 0 Å². The number of nitrogens with zero attached hydrogens (tertiary/aromatic N) is 4. The van der Waals surface area contributed by atoms with E-state index in [1.54, 1.807) is 12.7 Å². The van der Waals surface area contributed by atoms with Crippen molar-refractivity contribution in [1.82, 2.24) is 19.5 Å². The molecule has 1 atom stereocenters. The maximum absolute atomic E-state index is 12.6. The second-order valence-electron chi connectivity index (χ2n) is 4.35. The standard InChI is InChI=1S/C12H13FN4/c1-8-11-12(15-6-14-8)17(7-16-11)10-3-2-9(4-10)5-13/h4,6-7,10H,2-3,5H2,1H3. The van der Waals surface area contributed by atoms with Gasteiger partial charge in [-0.15, -0.1) is 0 Å². The van der Waals surface area contributed by atoms with E-state index in [1.165, 1.54) is 0 Å². The first kappa shape index (κ1) is 10.4. The van der Waals surface area contributed by atoms with Gasteiger partial charge in [0.05, 0.1) is 18.1 Å². The fraction of sp³-hybridized carbons (Fsp3) is 0.417. The summed E-state index contributed by atoms with van der Waals surface area (Å²) in [6, 6.07) is 0.181. The minimum absolute atomic E-state index is 0.181. The molecular weight excluding hydrogens is 219 g/mol. The van der Waals surface area contributed by atoms with Crippen molar-refractivity contribution >= 4 is 11.2 Å². The van der Waals surface area contributed by atoms with Gasteiger partial charge in [0.1, 0.15) is 18.5 Å². The van der Waals surface area contributed by atoms with Gasteiger partial charge in [-0.3, -0.25) is 0 Å². The molecule has 2 heterocycles. The van der Waals surface area contributed by atoms with Crippen LogP contribution < -0.4 is 0 Å².